The van der Waals surface area contributed by atoms with Gasteiger partial charge in [0.15, 0.2) is 0 Å². The number of nitrogens with two attached hydrogens (primary N) is 2. The van der Waals surface area contributed by atoms with E-state index in [-0.39, 0.29) is 0 Å². The van der Waals surface area contributed by atoms with Gasteiger partial charge in [0.2, 0.25) is 23.6 Å². The van der Waals surface area contributed by atoms with E-state index in [0.717, 1.165) is 0 Å². The summed E-state index contributed by atoms with van der Waals surface area (Å²) in [5, 5.41) is 24.6. The number of carbonyl (C=O) groups excluding carboxylic acids is 4. The molecule has 0 fully saturated rings. The Morgan fingerprint density at radius 2 is 1.43 bits per heavy atom. The third-order valence-corrected chi connectivity index (χ3v) is 4.29. The van der Waals surface area contributed by atoms with Gasteiger partial charge in [-0.15, -0.1) is 0 Å². The fourth-order valence-electron chi connectivity index (χ4n) is 2.29. The molecule has 5 atom stereocenters. The first-order valence-electron chi connectivity index (χ1n) is 9.19. The van der Waals surface area contributed by atoms with Crippen LogP contribution in [0.3, 0.4) is 0 Å². The van der Waals surface area contributed by atoms with Crippen LogP contribution < -0.4 is 27.4 Å². The first-order valence-corrected chi connectivity index (χ1v) is 9.19. The lowest BCUT2D eigenvalue weighted by Crippen LogP contribution is -2.59. The Morgan fingerprint density at radius 3 is 1.87 bits per heavy atom. The second kappa shape index (κ2) is 12.4. The number of carbonyl (C=O) groups is 6. The van der Waals surface area contributed by atoms with Crippen molar-refractivity contribution in [3.63, 3.8) is 0 Å². The molecular weight excluding hydrogens is 402 g/mol. The average Bonchev–Trinajstić information content (AvgIpc) is 2.63. The smallest absolute Gasteiger partial charge is 0.325 e. The topological polar surface area (TPSA) is 231 Å². The molecule has 30 heavy (non-hydrogen) atoms. The molecule has 0 aliphatic rings. The summed E-state index contributed by atoms with van der Waals surface area (Å²) in [5.74, 6) is -6.72. The summed E-state index contributed by atoms with van der Waals surface area (Å²) >= 11 is 0. The van der Waals surface area contributed by atoms with Gasteiger partial charge in [0.1, 0.15) is 18.1 Å². The second-order valence-electron chi connectivity index (χ2n) is 6.88. The van der Waals surface area contributed by atoms with Crippen molar-refractivity contribution in [1.29, 1.82) is 0 Å². The van der Waals surface area contributed by atoms with Crippen LogP contribution in [0.25, 0.3) is 0 Å². The van der Waals surface area contributed by atoms with Gasteiger partial charge in [-0.3, -0.25) is 28.8 Å². The molecule has 0 aromatic rings. The number of primary amides is 1. The molecule has 0 heterocycles. The Balaban J connectivity index is 5.44. The highest BCUT2D eigenvalue weighted by Crippen LogP contribution is 2.10. The number of aliphatic carboxylic acids is 2. The fraction of sp³-hybridized carbons (Fsp3) is 0.647. The summed E-state index contributed by atoms with van der Waals surface area (Å²) in [4.78, 5) is 70.0. The van der Waals surface area contributed by atoms with Crippen molar-refractivity contribution in [3.8, 4) is 0 Å². The Labute approximate surface area is 172 Å². The van der Waals surface area contributed by atoms with Gasteiger partial charge in [0, 0.05) is 0 Å². The van der Waals surface area contributed by atoms with Gasteiger partial charge in [0.25, 0.3) is 0 Å². The first kappa shape index (κ1) is 26.8. The van der Waals surface area contributed by atoms with Crippen molar-refractivity contribution < 1.29 is 39.0 Å². The summed E-state index contributed by atoms with van der Waals surface area (Å²) in [6.07, 6.45) is -0.834. The lowest BCUT2D eigenvalue weighted by Gasteiger charge is -2.27. The molecule has 170 valence electrons. The van der Waals surface area contributed by atoms with Crippen molar-refractivity contribution in [2.24, 2.45) is 17.4 Å². The summed E-state index contributed by atoms with van der Waals surface area (Å²) in [5.41, 5.74) is 10.6. The highest BCUT2D eigenvalue weighted by atomic mass is 16.4. The van der Waals surface area contributed by atoms with E-state index in [9.17, 15) is 28.8 Å². The SMILES string of the molecule is CCC(C)C(NC(=O)C(N)CC(N)=O)C(=O)NC(CC(=O)O)C(=O)NC(C)C(=O)O. The predicted molar refractivity (Wildman–Crippen MR) is 103 cm³/mol. The largest absolute Gasteiger partial charge is 0.481 e. The molecule has 0 rings (SSSR count). The van der Waals surface area contributed by atoms with Crippen LogP contribution in [0.15, 0.2) is 0 Å². The normalized spacial score (nSPS) is 15.6. The molecule has 13 heteroatoms. The Hall–Kier alpha value is -3.22. The summed E-state index contributed by atoms with van der Waals surface area (Å²) in [7, 11) is 0. The van der Waals surface area contributed by atoms with Crippen molar-refractivity contribution in [2.45, 2.75) is 64.2 Å². The van der Waals surface area contributed by atoms with Crippen LogP contribution in [-0.2, 0) is 28.8 Å². The first-order chi connectivity index (χ1) is 13.8. The van der Waals surface area contributed by atoms with Gasteiger partial charge < -0.3 is 37.6 Å². The van der Waals surface area contributed by atoms with Crippen molar-refractivity contribution in [2.75, 3.05) is 0 Å². The minimum Gasteiger partial charge on any atom is -0.481 e. The van der Waals surface area contributed by atoms with Crippen LogP contribution in [0.5, 0.6) is 0 Å². The van der Waals surface area contributed by atoms with E-state index < -0.39 is 78.5 Å². The number of nitrogens with one attached hydrogen (secondary N) is 3. The zero-order valence-electron chi connectivity index (χ0n) is 17.0. The van der Waals surface area contributed by atoms with Gasteiger partial charge >= 0.3 is 11.9 Å². The van der Waals surface area contributed by atoms with E-state index >= 15 is 0 Å². The van der Waals surface area contributed by atoms with Crippen LogP contribution in [0, 0.1) is 5.92 Å². The Bertz CT molecular complexity index is 683. The van der Waals surface area contributed by atoms with E-state index in [2.05, 4.69) is 16.0 Å². The van der Waals surface area contributed by atoms with Crippen LogP contribution >= 0.6 is 0 Å². The Morgan fingerprint density at radius 1 is 0.867 bits per heavy atom. The molecule has 4 amide bonds. The fourth-order valence-corrected chi connectivity index (χ4v) is 2.29. The van der Waals surface area contributed by atoms with Gasteiger partial charge in [-0.2, -0.15) is 0 Å². The number of amides is 4. The van der Waals surface area contributed by atoms with Crippen molar-refractivity contribution in [3.05, 3.63) is 0 Å². The number of rotatable bonds is 13. The van der Waals surface area contributed by atoms with Gasteiger partial charge in [-0.25, -0.2) is 0 Å². The lowest BCUT2D eigenvalue weighted by molar-refractivity contribution is -0.143. The second-order valence-corrected chi connectivity index (χ2v) is 6.88. The van der Waals surface area contributed by atoms with E-state index in [0.29, 0.717) is 6.42 Å². The van der Waals surface area contributed by atoms with E-state index in [1.807, 2.05) is 0 Å². The summed E-state index contributed by atoms with van der Waals surface area (Å²) in [6, 6.07) is -5.39. The molecule has 0 bridgehead atoms. The minimum absolute atomic E-state index is 0.426. The van der Waals surface area contributed by atoms with Gasteiger partial charge in [0.05, 0.1) is 18.9 Å². The molecule has 9 N–H and O–H groups in total. The monoisotopic (exact) mass is 431 g/mol. The number of hydrogen-bond donors (Lipinski definition) is 7. The van der Waals surface area contributed by atoms with Gasteiger partial charge in [-0.1, -0.05) is 20.3 Å². The van der Waals surface area contributed by atoms with Crippen LogP contribution in [0.4, 0.5) is 0 Å². The quantitative estimate of drug-likeness (QED) is 0.160. The maximum absolute atomic E-state index is 12.7. The maximum atomic E-state index is 12.7. The average molecular weight is 431 g/mol. The number of carboxylic acids is 2. The molecule has 0 saturated heterocycles. The van der Waals surface area contributed by atoms with Crippen LogP contribution in [0.1, 0.15) is 40.0 Å². The van der Waals surface area contributed by atoms with E-state index in [1.54, 1.807) is 13.8 Å². The summed E-state index contributed by atoms with van der Waals surface area (Å²) in [6.45, 7) is 4.53. The van der Waals surface area contributed by atoms with E-state index in [4.69, 9.17) is 21.7 Å². The summed E-state index contributed by atoms with van der Waals surface area (Å²) < 4.78 is 0. The number of carboxylic acid groups (broad SMARTS) is 2. The third kappa shape index (κ3) is 9.32. The van der Waals surface area contributed by atoms with Crippen LogP contribution in [0.2, 0.25) is 0 Å². The minimum atomic E-state index is -1.58. The molecule has 0 radical (unpaired) electrons. The lowest BCUT2D eigenvalue weighted by atomic mass is 9.97. The highest BCUT2D eigenvalue weighted by molar-refractivity contribution is 5.96. The zero-order chi connectivity index (χ0) is 23.6. The molecular formula is C17H29N5O8. The molecule has 13 nitrogen and oxygen atoms in total. The van der Waals surface area contributed by atoms with Gasteiger partial charge in [-0.05, 0) is 12.8 Å². The molecule has 5 unspecified atom stereocenters. The maximum Gasteiger partial charge on any atom is 0.325 e. The zero-order valence-corrected chi connectivity index (χ0v) is 17.0. The van der Waals surface area contributed by atoms with Crippen molar-refractivity contribution >= 4 is 35.6 Å². The van der Waals surface area contributed by atoms with Crippen LogP contribution in [-0.4, -0.2) is 69.9 Å². The molecule has 0 aromatic heterocycles. The molecule has 0 aliphatic heterocycles. The van der Waals surface area contributed by atoms with Crippen molar-refractivity contribution in [1.82, 2.24) is 16.0 Å². The third-order valence-electron chi connectivity index (χ3n) is 4.29. The standard InChI is InChI=1S/C17H29N5O8/c1-4-7(2)13(22-14(26)9(18)5-11(19)23)16(28)21-10(6-12(24)25)15(27)20-8(3)17(29)30/h7-10,13H,4-6,18H2,1-3H3,(H2,19,23)(H,20,27)(H,21,28)(H,22,26)(H,24,25)(H,29,30). The molecule has 0 aliphatic carbocycles. The predicted octanol–water partition coefficient (Wildman–Crippen LogP) is -2.73. The molecule has 0 aromatic carbocycles. The number of hydrogen-bond acceptors (Lipinski definition) is 7. The highest BCUT2D eigenvalue weighted by Gasteiger charge is 2.33. The molecule has 0 saturated carbocycles. The molecule has 0 spiro atoms. The Kier molecular flexibility index (Phi) is 11.0. The van der Waals surface area contributed by atoms with E-state index in [1.165, 1.54) is 6.92 Å².